The van der Waals surface area contributed by atoms with E-state index in [9.17, 15) is 24.7 Å². The Hall–Kier alpha value is -1.84. The van der Waals surface area contributed by atoms with Gasteiger partial charge < -0.3 is 15.1 Å². The van der Waals surface area contributed by atoms with Crippen LogP contribution in [-0.4, -0.2) is 34.9 Å². The lowest BCUT2D eigenvalue weighted by molar-refractivity contribution is -0.138. The predicted molar refractivity (Wildman–Crippen MR) is 92.9 cm³/mol. The van der Waals surface area contributed by atoms with Gasteiger partial charge in [-0.25, -0.2) is 9.18 Å². The minimum absolute atomic E-state index is 0.00535. The number of hydrogen-bond acceptors (Lipinski definition) is 4. The topological polar surface area (TPSA) is 84.6 Å². The summed E-state index contributed by atoms with van der Waals surface area (Å²) in [6.45, 7) is 3.89. The minimum Gasteiger partial charge on any atom is -0.480 e. The van der Waals surface area contributed by atoms with Crippen LogP contribution < -0.4 is 4.90 Å². The maximum atomic E-state index is 14.5. The fourth-order valence-corrected chi connectivity index (χ4v) is 3.70. The van der Waals surface area contributed by atoms with Crippen LogP contribution in [0.1, 0.15) is 33.1 Å². The van der Waals surface area contributed by atoms with Crippen molar-refractivity contribution in [2.45, 2.75) is 45.2 Å². The number of halogens is 2. The van der Waals surface area contributed by atoms with Gasteiger partial charge in [0, 0.05) is 17.7 Å². The third kappa shape index (κ3) is 4.23. The molecule has 0 radical (unpaired) electrons. The summed E-state index contributed by atoms with van der Waals surface area (Å²) in [7, 11) is 0. The summed E-state index contributed by atoms with van der Waals surface area (Å²) in [5.41, 5.74) is -0.178. The molecule has 2 N–H and O–H groups in total. The molecule has 1 saturated heterocycles. The maximum Gasteiger partial charge on any atom is 0.326 e. The standard InChI is InChI=1S/C18H22ClFN2O3/c1-18(2,5-6-23)9-16-11(10-21)7-15(17(24)25)22(16)14-4-3-12(19)8-13(14)20/h3-4,8,11,15-16,23H,5-7,9H2,1-2H3,(H,24,25). The Morgan fingerprint density at radius 2 is 2.20 bits per heavy atom. The van der Waals surface area contributed by atoms with Gasteiger partial charge in [-0.3, -0.25) is 0 Å². The number of nitriles is 1. The Bertz CT molecular complexity index is 689. The van der Waals surface area contributed by atoms with E-state index in [2.05, 4.69) is 6.07 Å². The first-order chi connectivity index (χ1) is 11.7. The quantitative estimate of drug-likeness (QED) is 0.803. The molecule has 136 valence electrons. The van der Waals surface area contributed by atoms with Crippen molar-refractivity contribution in [1.82, 2.24) is 0 Å². The molecule has 3 unspecified atom stereocenters. The Labute approximate surface area is 151 Å². The summed E-state index contributed by atoms with van der Waals surface area (Å²) < 4.78 is 14.5. The van der Waals surface area contributed by atoms with Gasteiger partial charge in [-0.2, -0.15) is 5.26 Å². The molecule has 25 heavy (non-hydrogen) atoms. The second kappa shape index (κ2) is 7.59. The number of aliphatic hydroxyl groups is 1. The summed E-state index contributed by atoms with van der Waals surface area (Å²) in [6, 6.07) is 4.86. The van der Waals surface area contributed by atoms with Crippen molar-refractivity contribution in [3.63, 3.8) is 0 Å². The number of carboxylic acids is 1. The molecule has 1 heterocycles. The minimum atomic E-state index is -1.09. The lowest BCUT2D eigenvalue weighted by atomic mass is 9.79. The third-order valence-electron chi connectivity index (χ3n) is 4.82. The molecular weight excluding hydrogens is 347 g/mol. The Kier molecular flexibility index (Phi) is 5.91. The molecule has 0 spiro atoms. The van der Waals surface area contributed by atoms with E-state index in [0.29, 0.717) is 12.8 Å². The highest BCUT2D eigenvalue weighted by Crippen LogP contribution is 2.42. The normalized spacial score (nSPS) is 23.5. The van der Waals surface area contributed by atoms with Crippen LogP contribution in [0.2, 0.25) is 5.02 Å². The van der Waals surface area contributed by atoms with E-state index < -0.39 is 29.8 Å². The number of hydrogen-bond donors (Lipinski definition) is 2. The molecule has 5 nitrogen and oxygen atoms in total. The molecule has 1 aromatic carbocycles. The molecule has 1 fully saturated rings. The molecule has 3 atom stereocenters. The highest BCUT2D eigenvalue weighted by Gasteiger charge is 2.47. The Morgan fingerprint density at radius 3 is 2.72 bits per heavy atom. The summed E-state index contributed by atoms with van der Waals surface area (Å²) in [5, 5.41) is 28.6. The molecule has 0 amide bonds. The molecule has 7 heteroatoms. The molecule has 0 saturated carbocycles. The smallest absolute Gasteiger partial charge is 0.326 e. The van der Waals surface area contributed by atoms with E-state index in [1.807, 2.05) is 13.8 Å². The second-order valence-electron chi connectivity index (χ2n) is 7.24. The van der Waals surface area contributed by atoms with Crippen LogP contribution in [0, 0.1) is 28.5 Å². The van der Waals surface area contributed by atoms with Crippen LogP contribution in [0.15, 0.2) is 18.2 Å². The van der Waals surface area contributed by atoms with Gasteiger partial charge in [0.2, 0.25) is 0 Å². The first-order valence-electron chi connectivity index (χ1n) is 8.17. The number of nitrogens with zero attached hydrogens (tertiary/aromatic N) is 2. The first kappa shape index (κ1) is 19.5. The van der Waals surface area contributed by atoms with Crippen LogP contribution in [0.5, 0.6) is 0 Å². The number of rotatable bonds is 6. The molecule has 0 aliphatic carbocycles. The Balaban J connectivity index is 2.47. The van der Waals surface area contributed by atoms with E-state index in [4.69, 9.17) is 11.6 Å². The van der Waals surface area contributed by atoms with Crippen molar-refractivity contribution in [1.29, 1.82) is 5.26 Å². The largest absolute Gasteiger partial charge is 0.480 e. The van der Waals surface area contributed by atoms with Gasteiger partial charge in [-0.05, 0) is 42.9 Å². The highest BCUT2D eigenvalue weighted by molar-refractivity contribution is 6.30. The lowest BCUT2D eigenvalue weighted by Gasteiger charge is -2.36. The van der Waals surface area contributed by atoms with Gasteiger partial charge >= 0.3 is 5.97 Å². The summed E-state index contributed by atoms with van der Waals surface area (Å²) >= 11 is 5.81. The molecule has 0 aromatic heterocycles. The zero-order chi connectivity index (χ0) is 18.8. The molecule has 0 bridgehead atoms. The van der Waals surface area contributed by atoms with Gasteiger partial charge in [0.25, 0.3) is 0 Å². The van der Waals surface area contributed by atoms with Crippen LogP contribution in [0.3, 0.4) is 0 Å². The van der Waals surface area contributed by atoms with Crippen molar-refractivity contribution < 1.29 is 19.4 Å². The van der Waals surface area contributed by atoms with E-state index in [-0.39, 0.29) is 29.2 Å². The molecule has 1 aliphatic rings. The number of carbonyl (C=O) groups is 1. The van der Waals surface area contributed by atoms with E-state index >= 15 is 0 Å². The van der Waals surface area contributed by atoms with Crippen molar-refractivity contribution in [3.05, 3.63) is 29.0 Å². The number of anilines is 1. The van der Waals surface area contributed by atoms with Crippen molar-refractivity contribution >= 4 is 23.3 Å². The molecule has 1 aliphatic heterocycles. The maximum absolute atomic E-state index is 14.5. The average molecular weight is 369 g/mol. The average Bonchev–Trinajstić information content (AvgIpc) is 2.85. The van der Waals surface area contributed by atoms with Gasteiger partial charge in [-0.15, -0.1) is 0 Å². The zero-order valence-corrected chi connectivity index (χ0v) is 15.0. The summed E-state index contributed by atoms with van der Waals surface area (Å²) in [6.07, 6.45) is 1.11. The van der Waals surface area contributed by atoms with Crippen LogP contribution >= 0.6 is 11.6 Å². The first-order valence-corrected chi connectivity index (χ1v) is 8.54. The van der Waals surface area contributed by atoms with Crippen LogP contribution in [-0.2, 0) is 4.79 Å². The SMILES string of the molecule is CC(C)(CCO)CC1C(C#N)CC(C(=O)O)N1c1ccc(Cl)cc1F. The van der Waals surface area contributed by atoms with E-state index in [1.54, 1.807) is 0 Å². The lowest BCUT2D eigenvalue weighted by Crippen LogP contribution is -2.44. The Morgan fingerprint density at radius 1 is 1.52 bits per heavy atom. The fraction of sp³-hybridized carbons (Fsp3) is 0.556. The highest BCUT2D eigenvalue weighted by atomic mass is 35.5. The van der Waals surface area contributed by atoms with Gasteiger partial charge in [0.05, 0.1) is 17.7 Å². The van der Waals surface area contributed by atoms with Crippen molar-refractivity contribution in [2.75, 3.05) is 11.5 Å². The van der Waals surface area contributed by atoms with E-state index in [0.717, 1.165) is 6.07 Å². The third-order valence-corrected chi connectivity index (χ3v) is 5.06. The van der Waals surface area contributed by atoms with Crippen LogP contribution in [0.4, 0.5) is 10.1 Å². The fourth-order valence-electron chi connectivity index (χ4n) is 3.54. The van der Waals surface area contributed by atoms with Gasteiger partial charge in [-0.1, -0.05) is 25.4 Å². The number of benzene rings is 1. The van der Waals surface area contributed by atoms with Gasteiger partial charge in [0.1, 0.15) is 11.9 Å². The van der Waals surface area contributed by atoms with Crippen molar-refractivity contribution in [3.8, 4) is 6.07 Å². The number of carboxylic acid groups (broad SMARTS) is 1. The molecule has 2 rings (SSSR count). The monoisotopic (exact) mass is 368 g/mol. The number of aliphatic carboxylic acids is 1. The van der Waals surface area contributed by atoms with Crippen molar-refractivity contribution in [2.24, 2.45) is 11.3 Å². The number of aliphatic hydroxyl groups excluding tert-OH is 1. The summed E-state index contributed by atoms with van der Waals surface area (Å²) in [4.78, 5) is 13.2. The molecular formula is C18H22ClFN2O3. The second-order valence-corrected chi connectivity index (χ2v) is 7.67. The zero-order valence-electron chi connectivity index (χ0n) is 14.2. The van der Waals surface area contributed by atoms with Crippen LogP contribution in [0.25, 0.3) is 0 Å². The van der Waals surface area contributed by atoms with Gasteiger partial charge in [0.15, 0.2) is 0 Å². The molecule has 1 aromatic rings. The van der Waals surface area contributed by atoms with E-state index in [1.165, 1.54) is 17.0 Å². The predicted octanol–water partition coefficient (Wildman–Crippen LogP) is 3.45. The summed E-state index contributed by atoms with van der Waals surface area (Å²) in [5.74, 6) is -2.23.